The first-order valence-electron chi connectivity index (χ1n) is 8.84. The molecule has 0 bridgehead atoms. The van der Waals surface area contributed by atoms with Crippen LogP contribution in [0.4, 0.5) is 4.39 Å². The van der Waals surface area contributed by atoms with Crippen LogP contribution >= 0.6 is 22.9 Å². The van der Waals surface area contributed by atoms with Crippen LogP contribution in [0.5, 0.6) is 0 Å². The van der Waals surface area contributed by atoms with Crippen LogP contribution in [0.15, 0.2) is 82.0 Å². The second-order valence-corrected chi connectivity index (χ2v) is 7.55. The molecule has 2 heterocycles. The van der Waals surface area contributed by atoms with E-state index in [2.05, 4.69) is 10.1 Å². The lowest BCUT2D eigenvalue weighted by Gasteiger charge is -2.06. The molecular weight excluding hydrogens is 427 g/mol. The average molecular weight is 441 g/mol. The molecule has 0 radical (unpaired) electrons. The van der Waals surface area contributed by atoms with Crippen molar-refractivity contribution in [3.05, 3.63) is 109 Å². The van der Waals surface area contributed by atoms with Gasteiger partial charge in [0.2, 0.25) is 0 Å². The van der Waals surface area contributed by atoms with Crippen molar-refractivity contribution >= 4 is 28.8 Å². The minimum atomic E-state index is -0.596. The van der Waals surface area contributed by atoms with Crippen LogP contribution in [0.2, 0.25) is 5.02 Å². The highest BCUT2D eigenvalue weighted by atomic mass is 35.5. The third-order valence-corrected chi connectivity index (χ3v) is 5.41. The topological polar surface area (TPSA) is 69.2 Å². The Labute approximate surface area is 179 Å². The van der Waals surface area contributed by atoms with E-state index < -0.39 is 17.3 Å². The minimum absolute atomic E-state index is 0.00313. The van der Waals surface area contributed by atoms with E-state index >= 15 is 0 Å². The van der Waals surface area contributed by atoms with Crippen LogP contribution in [0, 0.1) is 5.82 Å². The molecule has 150 valence electrons. The molecule has 2 aromatic carbocycles. The van der Waals surface area contributed by atoms with Gasteiger partial charge in [0.1, 0.15) is 5.82 Å². The molecule has 2 aromatic heterocycles. The number of nitrogens with zero attached hydrogens (tertiary/aromatic N) is 4. The lowest BCUT2D eigenvalue weighted by Crippen LogP contribution is -2.23. The summed E-state index contributed by atoms with van der Waals surface area (Å²) in [5.74, 6) is -1.03. The predicted octanol–water partition coefficient (Wildman–Crippen LogP) is 3.68. The smallest absolute Gasteiger partial charge is 0.300 e. The van der Waals surface area contributed by atoms with Crippen molar-refractivity contribution in [3.63, 3.8) is 0 Å². The number of aromatic nitrogens is 3. The van der Waals surface area contributed by atoms with Crippen molar-refractivity contribution in [1.29, 1.82) is 0 Å². The quantitative estimate of drug-likeness (QED) is 0.486. The Balaban J connectivity index is 1.67. The fraction of sp³-hybridized carbons (Fsp3) is 0.0476. The van der Waals surface area contributed by atoms with Gasteiger partial charge in [-0.2, -0.15) is 14.8 Å². The van der Waals surface area contributed by atoms with Crippen molar-refractivity contribution in [2.75, 3.05) is 0 Å². The lowest BCUT2D eigenvalue weighted by atomic mass is 10.2. The van der Waals surface area contributed by atoms with E-state index in [9.17, 15) is 14.0 Å². The number of hydrogen-bond donors (Lipinski definition) is 0. The van der Waals surface area contributed by atoms with Gasteiger partial charge in [0, 0.05) is 22.7 Å². The van der Waals surface area contributed by atoms with Gasteiger partial charge in [-0.25, -0.2) is 4.39 Å². The second kappa shape index (κ2) is 8.56. The van der Waals surface area contributed by atoms with Gasteiger partial charge in [0.15, 0.2) is 10.5 Å². The number of hydrogen-bond acceptors (Lipinski definition) is 4. The summed E-state index contributed by atoms with van der Waals surface area (Å²) in [4.78, 5) is 29.5. The Morgan fingerprint density at radius 3 is 2.63 bits per heavy atom. The van der Waals surface area contributed by atoms with Gasteiger partial charge >= 0.3 is 0 Å². The molecule has 1 amide bonds. The Morgan fingerprint density at radius 1 is 1.10 bits per heavy atom. The highest BCUT2D eigenvalue weighted by molar-refractivity contribution is 7.07. The predicted molar refractivity (Wildman–Crippen MR) is 113 cm³/mol. The lowest BCUT2D eigenvalue weighted by molar-refractivity contribution is 0.0991. The van der Waals surface area contributed by atoms with Crippen LogP contribution in [0.25, 0.3) is 5.69 Å². The SMILES string of the molecule is O=C(N=c1sccn1Cc1ccccc1Cl)c1ccc(=O)n(-c2ccc(F)cc2)n1. The first kappa shape index (κ1) is 19.9. The van der Waals surface area contributed by atoms with E-state index in [1.165, 1.54) is 47.7 Å². The molecule has 0 spiro atoms. The van der Waals surface area contributed by atoms with E-state index in [-0.39, 0.29) is 5.69 Å². The number of halogens is 2. The van der Waals surface area contributed by atoms with Gasteiger partial charge in [-0.1, -0.05) is 29.8 Å². The molecule has 30 heavy (non-hydrogen) atoms. The van der Waals surface area contributed by atoms with E-state index in [4.69, 9.17) is 11.6 Å². The number of carbonyl (C=O) groups is 1. The summed E-state index contributed by atoms with van der Waals surface area (Å²) < 4.78 is 16.0. The Morgan fingerprint density at radius 2 is 1.87 bits per heavy atom. The highest BCUT2D eigenvalue weighted by Gasteiger charge is 2.11. The summed E-state index contributed by atoms with van der Waals surface area (Å²) in [5.41, 5.74) is 0.801. The molecule has 0 saturated carbocycles. The molecule has 0 unspecified atom stereocenters. The zero-order valence-electron chi connectivity index (χ0n) is 15.4. The molecular formula is C21H14ClFN4O2S. The summed E-state index contributed by atoms with van der Waals surface area (Å²) in [5, 5.41) is 6.53. The van der Waals surface area contributed by atoms with E-state index in [0.717, 1.165) is 10.2 Å². The molecule has 0 saturated heterocycles. The van der Waals surface area contributed by atoms with Crippen LogP contribution in [-0.4, -0.2) is 20.3 Å². The molecule has 0 N–H and O–H groups in total. The monoisotopic (exact) mass is 440 g/mol. The molecule has 0 aliphatic heterocycles. The van der Waals surface area contributed by atoms with E-state index in [0.29, 0.717) is 22.1 Å². The minimum Gasteiger partial charge on any atom is -0.319 e. The molecule has 4 rings (SSSR count). The zero-order valence-corrected chi connectivity index (χ0v) is 17.0. The standard InChI is InChI=1S/C21H14ClFN4O2S/c22-17-4-2-1-3-14(17)13-26-11-12-30-21(26)24-20(29)18-9-10-19(28)27(25-18)16-7-5-15(23)6-8-16/h1-12H,13H2. The van der Waals surface area contributed by atoms with Crippen molar-refractivity contribution in [3.8, 4) is 5.69 Å². The highest BCUT2D eigenvalue weighted by Crippen LogP contribution is 2.15. The number of amides is 1. The van der Waals surface area contributed by atoms with Gasteiger partial charge < -0.3 is 4.57 Å². The van der Waals surface area contributed by atoms with Crippen LogP contribution in [0.1, 0.15) is 16.1 Å². The van der Waals surface area contributed by atoms with Crippen molar-refractivity contribution < 1.29 is 9.18 Å². The van der Waals surface area contributed by atoms with Gasteiger partial charge in [-0.3, -0.25) is 9.59 Å². The number of rotatable bonds is 4. The number of carbonyl (C=O) groups excluding carboxylic acids is 1. The Bertz CT molecular complexity index is 1340. The van der Waals surface area contributed by atoms with Gasteiger partial charge in [-0.15, -0.1) is 11.3 Å². The fourth-order valence-corrected chi connectivity index (χ4v) is 3.68. The summed E-state index contributed by atoms with van der Waals surface area (Å²) in [6.45, 7) is 0.456. The van der Waals surface area contributed by atoms with Gasteiger partial charge in [0.05, 0.1) is 12.2 Å². The maximum atomic E-state index is 13.2. The van der Waals surface area contributed by atoms with Crippen molar-refractivity contribution in [2.24, 2.45) is 4.99 Å². The number of benzene rings is 2. The molecule has 0 atom stereocenters. The Kier molecular flexibility index (Phi) is 5.69. The van der Waals surface area contributed by atoms with E-state index in [1.54, 1.807) is 10.6 Å². The third-order valence-electron chi connectivity index (χ3n) is 4.25. The average Bonchev–Trinajstić information content (AvgIpc) is 3.17. The second-order valence-electron chi connectivity index (χ2n) is 6.27. The summed E-state index contributed by atoms with van der Waals surface area (Å²) in [6.07, 6.45) is 1.81. The maximum Gasteiger partial charge on any atom is 0.300 e. The molecule has 0 fully saturated rings. The van der Waals surface area contributed by atoms with Gasteiger partial charge in [0.25, 0.3) is 11.5 Å². The number of thiazole rings is 1. The van der Waals surface area contributed by atoms with Crippen molar-refractivity contribution in [1.82, 2.24) is 14.3 Å². The molecule has 0 aliphatic carbocycles. The molecule has 4 aromatic rings. The van der Waals surface area contributed by atoms with Crippen LogP contribution < -0.4 is 10.4 Å². The first-order chi connectivity index (χ1) is 14.5. The molecule has 0 aliphatic rings. The van der Waals surface area contributed by atoms with Crippen molar-refractivity contribution in [2.45, 2.75) is 6.54 Å². The summed E-state index contributed by atoms with van der Waals surface area (Å²) >= 11 is 7.52. The van der Waals surface area contributed by atoms with Crippen LogP contribution in [0.3, 0.4) is 0 Å². The molecule has 6 nitrogen and oxygen atoms in total. The first-order valence-corrected chi connectivity index (χ1v) is 10.1. The van der Waals surface area contributed by atoms with E-state index in [1.807, 2.05) is 29.8 Å². The molecule has 9 heteroatoms. The summed E-state index contributed by atoms with van der Waals surface area (Å²) in [6, 6.07) is 15.2. The maximum absolute atomic E-state index is 13.2. The Hall–Kier alpha value is -3.36. The zero-order chi connectivity index (χ0) is 21.1. The fourth-order valence-electron chi connectivity index (χ4n) is 2.75. The normalized spacial score (nSPS) is 11.6. The van der Waals surface area contributed by atoms with Crippen LogP contribution in [-0.2, 0) is 6.54 Å². The summed E-state index contributed by atoms with van der Waals surface area (Å²) in [7, 11) is 0. The largest absolute Gasteiger partial charge is 0.319 e. The van der Waals surface area contributed by atoms with Gasteiger partial charge in [-0.05, 0) is 42.0 Å². The third kappa shape index (κ3) is 4.29.